The number of hydrogen-bond acceptors (Lipinski definition) is 6. The number of likely N-dealkylation sites (tertiary alicyclic amines) is 1. The van der Waals surface area contributed by atoms with Gasteiger partial charge in [-0.25, -0.2) is 0 Å². The number of benzene rings is 1. The van der Waals surface area contributed by atoms with E-state index in [1.807, 2.05) is 24.3 Å². The Balaban J connectivity index is 1.46. The molecule has 204 valence electrons. The number of anilines is 1. The molecular formula is C29H44N4O4. The molecule has 3 heterocycles. The second-order valence-corrected chi connectivity index (χ2v) is 12.0. The highest BCUT2D eigenvalue weighted by Gasteiger charge is 2.52. The lowest BCUT2D eigenvalue weighted by molar-refractivity contribution is -0.138. The minimum Gasteiger partial charge on any atom is -0.369 e. The molecule has 2 amide bonds. The van der Waals surface area contributed by atoms with Crippen LogP contribution in [0.1, 0.15) is 64.2 Å². The first-order valence-electron chi connectivity index (χ1n) is 13.9. The van der Waals surface area contributed by atoms with E-state index in [-0.39, 0.29) is 41.6 Å². The van der Waals surface area contributed by atoms with Gasteiger partial charge in [0, 0.05) is 49.9 Å². The number of fused-ring (bicyclic) bond motifs is 1. The fourth-order valence-corrected chi connectivity index (χ4v) is 6.01. The quantitative estimate of drug-likeness (QED) is 0.577. The number of nitrogens with zero attached hydrogens (tertiary/aromatic N) is 3. The molecule has 0 spiro atoms. The number of amides is 2. The molecule has 37 heavy (non-hydrogen) atoms. The summed E-state index contributed by atoms with van der Waals surface area (Å²) >= 11 is 0. The molecule has 0 radical (unpaired) electrons. The van der Waals surface area contributed by atoms with Crippen LogP contribution >= 0.6 is 0 Å². The number of nitrogens with one attached hydrogen (secondary N) is 1. The standard InChI is InChI=1S/C29H44N4O4/c1-6-8-21-18-33(25-24(34)19-37-26(21)25)28(36)23(17-29(3,4)5)30-27(35)20-9-11-22(12-10-20)32-15-13-31(7-2)14-16-32/h9-12,21,23,25-26H,6-8,13-19H2,1-5H3,(H,30,35)/t21-,23?,25-,26-/m1/s1. The molecule has 0 aromatic heterocycles. The third-order valence-corrected chi connectivity index (χ3v) is 7.97. The summed E-state index contributed by atoms with van der Waals surface area (Å²) in [5.74, 6) is -0.322. The van der Waals surface area contributed by atoms with Crippen molar-refractivity contribution in [2.45, 2.75) is 72.1 Å². The number of likely N-dealkylation sites (N-methyl/N-ethyl adjacent to an activating group) is 1. The lowest BCUT2D eigenvalue weighted by Gasteiger charge is -2.35. The van der Waals surface area contributed by atoms with Crippen molar-refractivity contribution in [1.82, 2.24) is 15.1 Å². The summed E-state index contributed by atoms with van der Waals surface area (Å²) in [5, 5.41) is 3.02. The van der Waals surface area contributed by atoms with Gasteiger partial charge in [0.2, 0.25) is 5.91 Å². The number of ether oxygens (including phenoxy) is 1. The van der Waals surface area contributed by atoms with E-state index in [1.165, 1.54) is 0 Å². The van der Waals surface area contributed by atoms with E-state index in [2.05, 4.69) is 49.7 Å². The molecule has 3 aliphatic rings. The highest BCUT2D eigenvalue weighted by molar-refractivity contribution is 5.99. The summed E-state index contributed by atoms with van der Waals surface area (Å²) in [5.41, 5.74) is 1.46. The number of Topliss-reactive ketones (excluding diaryl/α,β-unsaturated/α-hetero) is 1. The van der Waals surface area contributed by atoms with E-state index >= 15 is 0 Å². The van der Waals surface area contributed by atoms with Gasteiger partial charge >= 0.3 is 0 Å². The topological polar surface area (TPSA) is 82.2 Å². The summed E-state index contributed by atoms with van der Waals surface area (Å²) in [6, 6.07) is 6.43. The molecule has 4 rings (SSSR count). The van der Waals surface area contributed by atoms with Gasteiger partial charge in [0.15, 0.2) is 5.78 Å². The fourth-order valence-electron chi connectivity index (χ4n) is 6.01. The minimum atomic E-state index is -0.705. The van der Waals surface area contributed by atoms with Gasteiger partial charge in [-0.05, 0) is 49.1 Å². The van der Waals surface area contributed by atoms with Crippen molar-refractivity contribution < 1.29 is 19.1 Å². The van der Waals surface area contributed by atoms with Gasteiger partial charge in [-0.3, -0.25) is 14.4 Å². The van der Waals surface area contributed by atoms with Gasteiger partial charge < -0.3 is 24.8 Å². The van der Waals surface area contributed by atoms with E-state index < -0.39 is 12.1 Å². The van der Waals surface area contributed by atoms with Crippen LogP contribution in [0.3, 0.4) is 0 Å². The average Bonchev–Trinajstić information content (AvgIpc) is 3.43. The number of carbonyl (C=O) groups excluding carboxylic acids is 3. The van der Waals surface area contributed by atoms with Gasteiger partial charge in [0.05, 0.1) is 6.10 Å². The molecule has 1 unspecified atom stereocenters. The van der Waals surface area contributed by atoms with Gasteiger partial charge in [0.1, 0.15) is 18.7 Å². The highest BCUT2D eigenvalue weighted by atomic mass is 16.5. The first kappa shape index (κ1) is 27.6. The molecule has 8 nitrogen and oxygen atoms in total. The van der Waals surface area contributed by atoms with Gasteiger partial charge in [-0.1, -0.05) is 41.0 Å². The normalized spacial score (nSPS) is 25.3. The Morgan fingerprint density at radius 1 is 1.08 bits per heavy atom. The molecule has 0 saturated carbocycles. The lowest BCUT2D eigenvalue weighted by atomic mass is 9.87. The Morgan fingerprint density at radius 3 is 2.35 bits per heavy atom. The summed E-state index contributed by atoms with van der Waals surface area (Å²) in [4.78, 5) is 46.3. The van der Waals surface area contributed by atoms with Crippen LogP contribution in [0, 0.1) is 11.3 Å². The number of hydrogen-bond donors (Lipinski definition) is 1. The molecule has 3 saturated heterocycles. The van der Waals surface area contributed by atoms with E-state index in [1.54, 1.807) is 4.90 Å². The summed E-state index contributed by atoms with van der Waals surface area (Å²) in [6.07, 6.45) is 2.14. The van der Waals surface area contributed by atoms with Crippen LogP contribution in [-0.4, -0.2) is 91.5 Å². The molecule has 3 fully saturated rings. The van der Waals surface area contributed by atoms with Crippen LogP contribution in [0.4, 0.5) is 5.69 Å². The Hall–Kier alpha value is -2.45. The zero-order valence-corrected chi connectivity index (χ0v) is 23.2. The van der Waals surface area contributed by atoms with Crippen molar-refractivity contribution in [2.24, 2.45) is 11.3 Å². The predicted octanol–water partition coefficient (Wildman–Crippen LogP) is 2.96. The summed E-state index contributed by atoms with van der Waals surface area (Å²) in [7, 11) is 0. The molecule has 1 aromatic rings. The molecule has 1 N–H and O–H groups in total. The Labute approximate surface area is 221 Å². The van der Waals surface area contributed by atoms with Crippen LogP contribution in [0.5, 0.6) is 0 Å². The SMILES string of the molecule is CCC[C@@H]1CN(C(=O)C(CC(C)(C)C)NC(=O)c2ccc(N3CCN(CC)CC3)cc2)[C@@H]2C(=O)CO[C@H]12. The fraction of sp³-hybridized carbons (Fsp3) is 0.690. The molecular weight excluding hydrogens is 468 g/mol. The second-order valence-electron chi connectivity index (χ2n) is 12.0. The van der Waals surface area contributed by atoms with Gasteiger partial charge in [-0.2, -0.15) is 0 Å². The third kappa shape index (κ3) is 6.34. The average molecular weight is 513 g/mol. The molecule has 1 aromatic carbocycles. The number of carbonyl (C=O) groups is 3. The van der Waals surface area contributed by atoms with Crippen LogP contribution in [0.2, 0.25) is 0 Å². The first-order chi connectivity index (χ1) is 17.6. The Morgan fingerprint density at radius 2 is 1.76 bits per heavy atom. The summed E-state index contributed by atoms with van der Waals surface area (Å²) < 4.78 is 5.80. The zero-order chi connectivity index (χ0) is 26.7. The van der Waals surface area contributed by atoms with Crippen molar-refractivity contribution in [3.8, 4) is 0 Å². The zero-order valence-electron chi connectivity index (χ0n) is 23.2. The van der Waals surface area contributed by atoms with Crippen molar-refractivity contribution in [1.29, 1.82) is 0 Å². The van der Waals surface area contributed by atoms with Crippen LogP contribution < -0.4 is 10.2 Å². The second kappa shape index (κ2) is 11.5. The maximum absolute atomic E-state index is 13.8. The smallest absolute Gasteiger partial charge is 0.251 e. The van der Waals surface area contributed by atoms with Gasteiger partial charge in [-0.15, -0.1) is 0 Å². The van der Waals surface area contributed by atoms with E-state index in [0.29, 0.717) is 18.5 Å². The van der Waals surface area contributed by atoms with Crippen molar-refractivity contribution in [3.63, 3.8) is 0 Å². The largest absolute Gasteiger partial charge is 0.369 e. The number of piperazine rings is 1. The van der Waals surface area contributed by atoms with Crippen molar-refractivity contribution >= 4 is 23.3 Å². The van der Waals surface area contributed by atoms with E-state index in [9.17, 15) is 14.4 Å². The van der Waals surface area contributed by atoms with Crippen LogP contribution in [0.15, 0.2) is 24.3 Å². The molecule has 8 heteroatoms. The lowest BCUT2D eigenvalue weighted by Crippen LogP contribution is -2.53. The van der Waals surface area contributed by atoms with E-state index in [0.717, 1.165) is 51.3 Å². The van der Waals surface area contributed by atoms with Crippen molar-refractivity contribution in [3.05, 3.63) is 29.8 Å². The Kier molecular flexibility index (Phi) is 8.59. The van der Waals surface area contributed by atoms with Crippen molar-refractivity contribution in [2.75, 3.05) is 50.8 Å². The molecule has 4 atom stereocenters. The van der Waals surface area contributed by atoms with Crippen LogP contribution in [-0.2, 0) is 14.3 Å². The van der Waals surface area contributed by atoms with E-state index in [4.69, 9.17) is 4.74 Å². The molecule has 3 aliphatic heterocycles. The minimum absolute atomic E-state index is 0.0341. The molecule has 0 bridgehead atoms. The highest BCUT2D eigenvalue weighted by Crippen LogP contribution is 2.35. The predicted molar refractivity (Wildman–Crippen MR) is 145 cm³/mol. The maximum atomic E-state index is 13.8. The third-order valence-electron chi connectivity index (χ3n) is 7.97. The summed E-state index contributed by atoms with van der Waals surface area (Å²) in [6.45, 7) is 16.1. The number of rotatable bonds is 8. The number of ketones is 1. The maximum Gasteiger partial charge on any atom is 0.251 e. The monoisotopic (exact) mass is 512 g/mol. The molecule has 0 aliphatic carbocycles. The van der Waals surface area contributed by atoms with Crippen LogP contribution in [0.25, 0.3) is 0 Å². The Bertz CT molecular complexity index is 965. The van der Waals surface area contributed by atoms with Gasteiger partial charge in [0.25, 0.3) is 5.91 Å². The first-order valence-corrected chi connectivity index (χ1v) is 13.9.